The van der Waals surface area contributed by atoms with Crippen molar-refractivity contribution in [3.63, 3.8) is 0 Å². The zero-order valence-corrected chi connectivity index (χ0v) is 10.9. The summed E-state index contributed by atoms with van der Waals surface area (Å²) in [6.07, 6.45) is 1.63. The van der Waals surface area contributed by atoms with E-state index in [1.54, 1.807) is 25.3 Å². The van der Waals surface area contributed by atoms with Gasteiger partial charge in [-0.25, -0.2) is 9.88 Å². The quantitative estimate of drug-likeness (QED) is 0.764. The predicted octanol–water partition coefficient (Wildman–Crippen LogP) is 1.71. The highest BCUT2D eigenvalue weighted by atomic mass is 16.7. The van der Waals surface area contributed by atoms with Crippen molar-refractivity contribution in [3.05, 3.63) is 35.5 Å². The summed E-state index contributed by atoms with van der Waals surface area (Å²) >= 11 is 0. The standard InChI is InChI=1S/C13H16N2O3/c1-9-10(2)13(17-3,18-4)15(12(9)16)11-7-5-6-8-14-11/h5-8H,1-4H3. The maximum Gasteiger partial charge on any atom is 0.284 e. The first-order valence-electron chi connectivity index (χ1n) is 5.62. The summed E-state index contributed by atoms with van der Waals surface area (Å²) < 4.78 is 10.9. The number of amides is 1. The molecular formula is C13H16N2O3. The number of ether oxygens (including phenoxy) is 2. The van der Waals surface area contributed by atoms with Crippen LogP contribution in [-0.4, -0.2) is 31.0 Å². The molecule has 0 N–H and O–H groups in total. The first-order valence-corrected chi connectivity index (χ1v) is 5.62. The van der Waals surface area contributed by atoms with Crippen molar-refractivity contribution in [1.29, 1.82) is 0 Å². The molecule has 0 aromatic carbocycles. The first-order chi connectivity index (χ1) is 8.58. The van der Waals surface area contributed by atoms with Gasteiger partial charge in [-0.2, -0.15) is 0 Å². The van der Waals surface area contributed by atoms with E-state index in [0.717, 1.165) is 5.57 Å². The number of hydrogen-bond donors (Lipinski definition) is 0. The third kappa shape index (κ3) is 1.55. The number of anilines is 1. The smallest absolute Gasteiger partial charge is 0.284 e. The number of pyridine rings is 1. The Morgan fingerprint density at radius 1 is 1.22 bits per heavy atom. The molecule has 0 aliphatic carbocycles. The summed E-state index contributed by atoms with van der Waals surface area (Å²) in [5.41, 5.74) is 1.35. The summed E-state index contributed by atoms with van der Waals surface area (Å²) in [5, 5.41) is 0. The molecule has 18 heavy (non-hydrogen) atoms. The average Bonchev–Trinajstić information content (AvgIpc) is 2.61. The van der Waals surface area contributed by atoms with Crippen molar-refractivity contribution in [2.45, 2.75) is 19.8 Å². The highest BCUT2D eigenvalue weighted by molar-refractivity contribution is 6.09. The molecule has 5 heteroatoms. The van der Waals surface area contributed by atoms with E-state index in [4.69, 9.17) is 9.47 Å². The Hall–Kier alpha value is -1.72. The molecule has 0 radical (unpaired) electrons. The van der Waals surface area contributed by atoms with Gasteiger partial charge in [-0.15, -0.1) is 0 Å². The number of carbonyl (C=O) groups is 1. The third-order valence-corrected chi connectivity index (χ3v) is 3.29. The molecule has 5 nitrogen and oxygen atoms in total. The largest absolute Gasteiger partial charge is 0.332 e. The zero-order chi connectivity index (χ0) is 13.3. The van der Waals surface area contributed by atoms with Crippen LogP contribution in [0.25, 0.3) is 0 Å². The van der Waals surface area contributed by atoms with Crippen LogP contribution >= 0.6 is 0 Å². The van der Waals surface area contributed by atoms with Crippen molar-refractivity contribution in [2.24, 2.45) is 0 Å². The lowest BCUT2D eigenvalue weighted by Gasteiger charge is -2.35. The van der Waals surface area contributed by atoms with Gasteiger partial charge in [0.25, 0.3) is 11.8 Å². The molecule has 0 saturated carbocycles. The van der Waals surface area contributed by atoms with E-state index in [0.29, 0.717) is 11.4 Å². The average molecular weight is 248 g/mol. The lowest BCUT2D eigenvalue weighted by molar-refractivity contribution is -0.176. The van der Waals surface area contributed by atoms with Crippen LogP contribution in [0.15, 0.2) is 35.5 Å². The van der Waals surface area contributed by atoms with E-state index in [2.05, 4.69) is 4.98 Å². The molecule has 1 aromatic rings. The predicted molar refractivity (Wildman–Crippen MR) is 66.8 cm³/mol. The number of aromatic nitrogens is 1. The SMILES string of the molecule is COC1(OC)C(C)=C(C)C(=O)N1c1ccccn1. The highest BCUT2D eigenvalue weighted by Gasteiger charge is 2.51. The topological polar surface area (TPSA) is 51.7 Å². The molecule has 0 bridgehead atoms. The molecular weight excluding hydrogens is 232 g/mol. The molecule has 0 spiro atoms. The number of methoxy groups -OCH3 is 2. The molecule has 0 fully saturated rings. The molecule has 96 valence electrons. The van der Waals surface area contributed by atoms with Crippen LogP contribution in [-0.2, 0) is 14.3 Å². The van der Waals surface area contributed by atoms with Crippen LogP contribution in [0.4, 0.5) is 5.82 Å². The van der Waals surface area contributed by atoms with E-state index in [1.807, 2.05) is 13.0 Å². The van der Waals surface area contributed by atoms with Crippen LogP contribution in [0.2, 0.25) is 0 Å². The van der Waals surface area contributed by atoms with E-state index in [1.165, 1.54) is 19.1 Å². The van der Waals surface area contributed by atoms with Gasteiger partial charge in [-0.1, -0.05) is 6.07 Å². The lowest BCUT2D eigenvalue weighted by atomic mass is 10.1. The highest BCUT2D eigenvalue weighted by Crippen LogP contribution is 2.39. The van der Waals surface area contributed by atoms with Crippen LogP contribution in [0.1, 0.15) is 13.8 Å². The van der Waals surface area contributed by atoms with Gasteiger partial charge >= 0.3 is 0 Å². The van der Waals surface area contributed by atoms with Crippen molar-refractivity contribution in [2.75, 3.05) is 19.1 Å². The second kappa shape index (κ2) is 4.51. The fourth-order valence-electron chi connectivity index (χ4n) is 2.18. The van der Waals surface area contributed by atoms with Crippen molar-refractivity contribution in [1.82, 2.24) is 4.98 Å². The van der Waals surface area contributed by atoms with Gasteiger partial charge in [-0.3, -0.25) is 4.79 Å². The Kier molecular flexibility index (Phi) is 3.19. The van der Waals surface area contributed by atoms with E-state index in [9.17, 15) is 4.79 Å². The summed E-state index contributed by atoms with van der Waals surface area (Å²) in [4.78, 5) is 17.9. The maximum absolute atomic E-state index is 12.3. The first kappa shape index (κ1) is 12.7. The van der Waals surface area contributed by atoms with Crippen LogP contribution in [0, 0.1) is 0 Å². The minimum atomic E-state index is -1.20. The number of nitrogens with zero attached hydrogens (tertiary/aromatic N) is 2. The lowest BCUT2D eigenvalue weighted by Crippen LogP contribution is -2.51. The Morgan fingerprint density at radius 2 is 1.89 bits per heavy atom. The minimum Gasteiger partial charge on any atom is -0.332 e. The van der Waals surface area contributed by atoms with Crippen molar-refractivity contribution >= 4 is 11.7 Å². The summed E-state index contributed by atoms with van der Waals surface area (Å²) in [6.45, 7) is 3.58. The van der Waals surface area contributed by atoms with Crippen LogP contribution in [0.3, 0.4) is 0 Å². The Labute approximate surface area is 106 Å². The third-order valence-electron chi connectivity index (χ3n) is 3.29. The zero-order valence-electron chi connectivity index (χ0n) is 10.9. The molecule has 1 amide bonds. The van der Waals surface area contributed by atoms with Gasteiger partial charge in [0.2, 0.25) is 0 Å². The minimum absolute atomic E-state index is 0.157. The molecule has 1 aliphatic heterocycles. The molecule has 0 unspecified atom stereocenters. The fraction of sp³-hybridized carbons (Fsp3) is 0.385. The number of hydrogen-bond acceptors (Lipinski definition) is 4. The van der Waals surface area contributed by atoms with E-state index in [-0.39, 0.29) is 5.91 Å². The monoisotopic (exact) mass is 248 g/mol. The van der Waals surface area contributed by atoms with Crippen molar-refractivity contribution < 1.29 is 14.3 Å². The molecule has 1 aliphatic rings. The molecule has 1 aromatic heterocycles. The van der Waals surface area contributed by atoms with Gasteiger partial charge < -0.3 is 9.47 Å². The number of rotatable bonds is 3. The van der Waals surface area contributed by atoms with Crippen LogP contribution in [0.5, 0.6) is 0 Å². The van der Waals surface area contributed by atoms with E-state index < -0.39 is 5.91 Å². The summed E-state index contributed by atoms with van der Waals surface area (Å²) in [7, 11) is 3.02. The van der Waals surface area contributed by atoms with Crippen LogP contribution < -0.4 is 4.90 Å². The molecule has 2 rings (SSSR count). The van der Waals surface area contributed by atoms with Gasteiger partial charge in [0.15, 0.2) is 0 Å². The maximum atomic E-state index is 12.3. The van der Waals surface area contributed by atoms with Gasteiger partial charge in [0, 0.05) is 31.6 Å². The second-order valence-electron chi connectivity index (χ2n) is 4.07. The Bertz CT molecular complexity index is 492. The van der Waals surface area contributed by atoms with Gasteiger partial charge in [0.1, 0.15) is 5.82 Å². The van der Waals surface area contributed by atoms with Crippen molar-refractivity contribution in [3.8, 4) is 0 Å². The fourth-order valence-corrected chi connectivity index (χ4v) is 2.18. The molecule has 0 saturated heterocycles. The molecule has 2 heterocycles. The Morgan fingerprint density at radius 3 is 2.39 bits per heavy atom. The molecule has 0 atom stereocenters. The number of carbonyl (C=O) groups excluding carboxylic acids is 1. The van der Waals surface area contributed by atoms with E-state index >= 15 is 0 Å². The second-order valence-corrected chi connectivity index (χ2v) is 4.07. The Balaban J connectivity index is 2.57. The van der Waals surface area contributed by atoms with Gasteiger partial charge in [-0.05, 0) is 26.0 Å². The normalized spacial score (nSPS) is 18.7. The van der Waals surface area contributed by atoms with Gasteiger partial charge in [0.05, 0.1) is 0 Å². The summed E-state index contributed by atoms with van der Waals surface area (Å²) in [5.74, 6) is -0.854. The summed E-state index contributed by atoms with van der Waals surface area (Å²) in [6, 6.07) is 5.35.